The van der Waals surface area contributed by atoms with E-state index in [-0.39, 0.29) is 0 Å². The Morgan fingerprint density at radius 3 is 1.24 bits per heavy atom. The second-order valence-electron chi connectivity index (χ2n) is 3.83. The van der Waals surface area contributed by atoms with E-state index < -0.39 is 5.97 Å². The van der Waals surface area contributed by atoms with Crippen molar-refractivity contribution in [3.63, 3.8) is 0 Å². The normalized spacial score (nSPS) is 7.81. The van der Waals surface area contributed by atoms with Gasteiger partial charge in [0.25, 0.3) is 0 Å². The van der Waals surface area contributed by atoms with Crippen LogP contribution >= 0.6 is 0 Å². The number of rotatable bonds is 2. The van der Waals surface area contributed by atoms with Gasteiger partial charge in [-0.25, -0.2) is 4.79 Å². The highest BCUT2D eigenvalue weighted by Crippen LogP contribution is 1.96. The molecule has 0 amide bonds. The number of hydrogen-bond donors (Lipinski definition) is 1. The highest BCUT2D eigenvalue weighted by atomic mass is 16.4. The van der Waals surface area contributed by atoms with E-state index in [9.17, 15) is 4.79 Å². The summed E-state index contributed by atoms with van der Waals surface area (Å²) < 4.78 is 0. The van der Waals surface area contributed by atoms with E-state index in [0.717, 1.165) is 0 Å². The van der Waals surface area contributed by atoms with Crippen molar-refractivity contribution in [2.75, 3.05) is 0 Å². The molecule has 0 aliphatic rings. The van der Waals surface area contributed by atoms with E-state index >= 15 is 0 Å². The maximum absolute atomic E-state index is 10.2. The monoisotopic (exact) mass is 288 g/mol. The third kappa shape index (κ3) is 15.9. The number of carboxylic acids is 1. The summed E-state index contributed by atoms with van der Waals surface area (Å²) in [7, 11) is 0. The average molecular weight is 288 g/mol. The highest BCUT2D eigenvalue weighted by Gasteiger charge is 1.96. The van der Waals surface area contributed by atoms with Crippen LogP contribution in [0.3, 0.4) is 0 Å². The fourth-order valence-electron chi connectivity index (χ4n) is 0.966. The number of benzene rings is 2. The van der Waals surface area contributed by atoms with E-state index in [0.29, 0.717) is 5.56 Å². The molecule has 0 atom stereocenters. The Balaban J connectivity index is 0. The molecule has 0 unspecified atom stereocenters. The van der Waals surface area contributed by atoms with Crippen molar-refractivity contribution < 1.29 is 9.90 Å². The van der Waals surface area contributed by atoms with E-state index in [4.69, 9.17) is 5.11 Å². The molecule has 0 bridgehead atoms. The van der Waals surface area contributed by atoms with Gasteiger partial charge in [-0.15, -0.1) is 0 Å². The third-order valence-electron chi connectivity index (χ3n) is 2.19. The summed E-state index contributed by atoms with van der Waals surface area (Å²) in [4.78, 5) is 10.2. The fourth-order valence-corrected chi connectivity index (χ4v) is 0.966. The molecule has 0 saturated carbocycles. The van der Waals surface area contributed by atoms with Crippen molar-refractivity contribution in [2.45, 2.75) is 40.5 Å². The Kier molecular flexibility index (Phi) is 18.1. The number of hydrogen-bond acceptors (Lipinski definition) is 1. The fraction of sp³-hybridized carbons (Fsp3) is 0.316. The van der Waals surface area contributed by atoms with Crippen molar-refractivity contribution in [1.29, 1.82) is 0 Å². The quantitative estimate of drug-likeness (QED) is 0.746. The van der Waals surface area contributed by atoms with E-state index in [1.807, 2.05) is 50.2 Å². The number of aromatic carboxylic acids is 1. The van der Waals surface area contributed by atoms with Gasteiger partial charge in [-0.2, -0.15) is 0 Å². The van der Waals surface area contributed by atoms with Gasteiger partial charge in [-0.05, 0) is 12.1 Å². The highest BCUT2D eigenvalue weighted by molar-refractivity contribution is 5.87. The first-order valence-electron chi connectivity index (χ1n) is 7.50. The molecule has 2 rings (SSSR count). The Morgan fingerprint density at radius 2 is 1.05 bits per heavy atom. The molecule has 21 heavy (non-hydrogen) atoms. The molecule has 0 fully saturated rings. The largest absolute Gasteiger partial charge is 0.478 e. The molecule has 2 heteroatoms. The summed E-state index contributed by atoms with van der Waals surface area (Å²) in [6.45, 7) is 8.36. The van der Waals surface area contributed by atoms with Gasteiger partial charge in [-0.3, -0.25) is 0 Å². The van der Waals surface area contributed by atoms with E-state index in [1.165, 1.54) is 12.8 Å². The molecule has 0 heterocycles. The SMILES string of the molecule is CC.CCCC.O=C(O)c1ccccc1.c1ccccc1. The molecule has 0 aromatic heterocycles. The minimum absolute atomic E-state index is 0.331. The molecule has 0 aliphatic carbocycles. The van der Waals surface area contributed by atoms with Crippen LogP contribution in [0.25, 0.3) is 0 Å². The summed E-state index contributed by atoms with van der Waals surface area (Å²) in [5.74, 6) is -0.879. The van der Waals surface area contributed by atoms with Crippen LogP contribution < -0.4 is 0 Å². The van der Waals surface area contributed by atoms with Crippen molar-refractivity contribution in [3.05, 3.63) is 72.3 Å². The van der Waals surface area contributed by atoms with Gasteiger partial charge in [0.15, 0.2) is 0 Å². The Labute approximate surface area is 129 Å². The first kappa shape index (κ1) is 21.2. The molecule has 0 aliphatic heterocycles. The van der Waals surface area contributed by atoms with Gasteiger partial charge in [-0.1, -0.05) is 95.1 Å². The lowest BCUT2D eigenvalue weighted by Crippen LogP contribution is -1.93. The van der Waals surface area contributed by atoms with Crippen LogP contribution in [0.2, 0.25) is 0 Å². The van der Waals surface area contributed by atoms with Crippen LogP contribution in [0.15, 0.2) is 66.7 Å². The zero-order valence-corrected chi connectivity index (χ0v) is 13.6. The predicted octanol–water partition coefficient (Wildman–Crippen LogP) is 5.90. The van der Waals surface area contributed by atoms with Crippen molar-refractivity contribution in [2.24, 2.45) is 0 Å². The van der Waals surface area contributed by atoms with Gasteiger partial charge >= 0.3 is 5.97 Å². The molecule has 2 aromatic rings. The van der Waals surface area contributed by atoms with Crippen molar-refractivity contribution >= 4 is 5.97 Å². The van der Waals surface area contributed by atoms with Crippen LogP contribution in [0.1, 0.15) is 50.9 Å². The molecular formula is C19H28O2. The van der Waals surface area contributed by atoms with Crippen LogP contribution in [-0.2, 0) is 0 Å². The minimum Gasteiger partial charge on any atom is -0.478 e. The molecule has 2 nitrogen and oxygen atoms in total. The van der Waals surface area contributed by atoms with Gasteiger partial charge < -0.3 is 5.11 Å². The van der Waals surface area contributed by atoms with Gasteiger partial charge in [0, 0.05) is 0 Å². The van der Waals surface area contributed by atoms with Gasteiger partial charge in [0.05, 0.1) is 5.56 Å². The maximum Gasteiger partial charge on any atom is 0.335 e. The van der Waals surface area contributed by atoms with E-state index in [1.54, 1.807) is 30.3 Å². The number of carboxylic acid groups (broad SMARTS) is 1. The summed E-state index contributed by atoms with van der Waals surface area (Å²) in [5.41, 5.74) is 0.331. The zero-order chi connectivity index (χ0) is 16.3. The van der Waals surface area contributed by atoms with Crippen molar-refractivity contribution in [1.82, 2.24) is 0 Å². The molecule has 2 aromatic carbocycles. The lowest BCUT2D eigenvalue weighted by Gasteiger charge is -1.88. The average Bonchev–Trinajstić information content (AvgIpc) is 2.60. The Hall–Kier alpha value is -2.09. The first-order valence-corrected chi connectivity index (χ1v) is 7.50. The van der Waals surface area contributed by atoms with Crippen LogP contribution in [-0.4, -0.2) is 11.1 Å². The molecular weight excluding hydrogens is 260 g/mol. The lowest BCUT2D eigenvalue weighted by atomic mass is 10.2. The van der Waals surface area contributed by atoms with E-state index in [2.05, 4.69) is 13.8 Å². The molecule has 0 saturated heterocycles. The smallest absolute Gasteiger partial charge is 0.335 e. The predicted molar refractivity (Wildman–Crippen MR) is 91.8 cm³/mol. The second-order valence-corrected chi connectivity index (χ2v) is 3.83. The van der Waals surface area contributed by atoms with Gasteiger partial charge in [0.1, 0.15) is 0 Å². The van der Waals surface area contributed by atoms with Crippen LogP contribution in [0.4, 0.5) is 0 Å². The zero-order valence-electron chi connectivity index (χ0n) is 13.6. The molecule has 0 spiro atoms. The van der Waals surface area contributed by atoms with Crippen LogP contribution in [0, 0.1) is 0 Å². The lowest BCUT2D eigenvalue weighted by molar-refractivity contribution is 0.0697. The number of unbranched alkanes of at least 4 members (excludes halogenated alkanes) is 1. The molecule has 116 valence electrons. The first-order chi connectivity index (χ1) is 10.2. The Morgan fingerprint density at radius 1 is 0.762 bits per heavy atom. The summed E-state index contributed by atoms with van der Waals surface area (Å²) in [6.07, 6.45) is 2.64. The van der Waals surface area contributed by atoms with Crippen LogP contribution in [0.5, 0.6) is 0 Å². The Bertz CT molecular complexity index is 381. The maximum atomic E-state index is 10.2. The summed E-state index contributed by atoms with van der Waals surface area (Å²) in [5, 5.41) is 8.38. The van der Waals surface area contributed by atoms with Crippen molar-refractivity contribution in [3.8, 4) is 0 Å². The number of carbonyl (C=O) groups is 1. The molecule has 0 radical (unpaired) electrons. The standard InChI is InChI=1S/C7H6O2.C6H6.C4H10.C2H6/c8-7(9)6-4-2-1-3-5-6;1-2-4-6-5-3-1;1-3-4-2;1-2/h1-5H,(H,8,9);1-6H;3-4H2,1-2H3;1-2H3. The summed E-state index contributed by atoms with van der Waals surface area (Å²) in [6, 6.07) is 20.3. The second kappa shape index (κ2) is 17.9. The van der Waals surface area contributed by atoms with Gasteiger partial charge in [0.2, 0.25) is 0 Å². The molecule has 1 N–H and O–H groups in total. The topological polar surface area (TPSA) is 37.3 Å². The third-order valence-corrected chi connectivity index (χ3v) is 2.19. The minimum atomic E-state index is -0.879. The summed E-state index contributed by atoms with van der Waals surface area (Å²) >= 11 is 0.